The first kappa shape index (κ1) is 16.7. The highest BCUT2D eigenvalue weighted by atomic mass is 32.2. The molecular formula is C16H17FN2O4S. The van der Waals surface area contributed by atoms with Gasteiger partial charge in [0.15, 0.2) is 5.76 Å². The molecule has 0 spiro atoms. The van der Waals surface area contributed by atoms with Crippen LogP contribution in [0.25, 0.3) is 0 Å². The highest BCUT2D eigenvalue weighted by Crippen LogP contribution is 2.23. The first-order valence-corrected chi connectivity index (χ1v) is 9.08. The number of amides is 1. The second-order valence-corrected chi connectivity index (χ2v) is 7.39. The summed E-state index contributed by atoms with van der Waals surface area (Å²) in [5.41, 5.74) is -0.000613. The molecule has 8 heteroatoms. The van der Waals surface area contributed by atoms with E-state index in [-0.39, 0.29) is 16.5 Å². The number of carbonyl (C=O) groups excluding carboxylic acids is 1. The Kier molecular flexibility index (Phi) is 4.68. The number of nitrogens with one attached hydrogen (secondary N) is 1. The van der Waals surface area contributed by atoms with E-state index in [9.17, 15) is 17.6 Å². The first-order chi connectivity index (χ1) is 11.5. The average molecular weight is 352 g/mol. The molecule has 1 aliphatic rings. The summed E-state index contributed by atoms with van der Waals surface area (Å²) in [5.74, 6) is -1.48. The fourth-order valence-electron chi connectivity index (χ4n) is 2.56. The summed E-state index contributed by atoms with van der Waals surface area (Å²) in [5, 5.41) is 2.08. The minimum atomic E-state index is -3.74. The summed E-state index contributed by atoms with van der Waals surface area (Å²) in [7, 11) is -3.74. The number of nitrogens with zero attached hydrogens (tertiary/aromatic N) is 1. The molecule has 0 aliphatic carbocycles. The molecule has 1 aromatic carbocycles. The van der Waals surface area contributed by atoms with Gasteiger partial charge in [0, 0.05) is 13.1 Å². The maximum atomic E-state index is 13.6. The van der Waals surface area contributed by atoms with E-state index in [4.69, 9.17) is 4.42 Å². The van der Waals surface area contributed by atoms with Crippen LogP contribution in [0.2, 0.25) is 0 Å². The minimum Gasteiger partial charge on any atom is -0.438 e. The van der Waals surface area contributed by atoms with Crippen molar-refractivity contribution in [3.05, 3.63) is 48.0 Å². The van der Waals surface area contributed by atoms with Crippen molar-refractivity contribution in [1.82, 2.24) is 4.31 Å². The molecule has 2 heterocycles. The van der Waals surface area contributed by atoms with Gasteiger partial charge in [-0.1, -0.05) is 18.6 Å². The Morgan fingerprint density at radius 2 is 1.79 bits per heavy atom. The van der Waals surface area contributed by atoms with Crippen LogP contribution in [0.3, 0.4) is 0 Å². The van der Waals surface area contributed by atoms with Gasteiger partial charge in [-0.2, -0.15) is 4.31 Å². The van der Waals surface area contributed by atoms with Crippen molar-refractivity contribution in [2.75, 3.05) is 18.4 Å². The molecule has 1 fully saturated rings. The lowest BCUT2D eigenvalue weighted by Crippen LogP contribution is -2.35. The van der Waals surface area contributed by atoms with Crippen molar-refractivity contribution in [3.8, 4) is 0 Å². The number of anilines is 1. The Labute approximate surface area is 139 Å². The van der Waals surface area contributed by atoms with Gasteiger partial charge >= 0.3 is 0 Å². The van der Waals surface area contributed by atoms with Crippen LogP contribution in [0.4, 0.5) is 10.1 Å². The second kappa shape index (κ2) is 6.74. The van der Waals surface area contributed by atoms with Crippen LogP contribution in [0.1, 0.15) is 29.8 Å². The molecule has 0 unspecified atom stereocenters. The van der Waals surface area contributed by atoms with E-state index < -0.39 is 21.7 Å². The lowest BCUT2D eigenvalue weighted by Gasteiger charge is -2.24. The SMILES string of the molecule is O=C(Nc1ccccc1F)c1ccc(S(=O)(=O)N2CCCCC2)o1. The lowest BCUT2D eigenvalue weighted by molar-refractivity contribution is 0.0991. The van der Waals surface area contributed by atoms with Crippen LogP contribution in [0, 0.1) is 5.82 Å². The lowest BCUT2D eigenvalue weighted by atomic mass is 10.2. The van der Waals surface area contributed by atoms with Crippen molar-refractivity contribution in [3.63, 3.8) is 0 Å². The predicted octanol–water partition coefficient (Wildman–Crippen LogP) is 2.85. The van der Waals surface area contributed by atoms with Gasteiger partial charge in [0.1, 0.15) is 5.82 Å². The summed E-state index contributed by atoms with van der Waals surface area (Å²) < 4.78 is 45.1. The van der Waals surface area contributed by atoms with Crippen LogP contribution >= 0.6 is 0 Å². The average Bonchev–Trinajstić information content (AvgIpc) is 3.09. The Balaban J connectivity index is 1.77. The number of furan rings is 1. The summed E-state index contributed by atoms with van der Waals surface area (Å²) in [6.07, 6.45) is 2.61. The van der Waals surface area contributed by atoms with Gasteiger partial charge in [0.25, 0.3) is 15.9 Å². The molecule has 0 saturated carbocycles. The van der Waals surface area contributed by atoms with Gasteiger partial charge in [-0.15, -0.1) is 0 Å². The molecule has 0 atom stereocenters. The Morgan fingerprint density at radius 1 is 1.08 bits per heavy atom. The molecule has 0 bridgehead atoms. The maximum absolute atomic E-state index is 13.6. The molecule has 0 radical (unpaired) electrons. The molecule has 6 nitrogen and oxygen atoms in total. The predicted molar refractivity (Wildman–Crippen MR) is 85.7 cm³/mol. The molecule has 128 valence electrons. The van der Waals surface area contributed by atoms with Crippen LogP contribution in [0.15, 0.2) is 45.9 Å². The van der Waals surface area contributed by atoms with Gasteiger partial charge in [0.2, 0.25) is 5.09 Å². The van der Waals surface area contributed by atoms with E-state index in [0.717, 1.165) is 19.3 Å². The fraction of sp³-hybridized carbons (Fsp3) is 0.312. The number of piperidine rings is 1. The van der Waals surface area contributed by atoms with Gasteiger partial charge in [0.05, 0.1) is 5.69 Å². The monoisotopic (exact) mass is 352 g/mol. The van der Waals surface area contributed by atoms with E-state index in [0.29, 0.717) is 13.1 Å². The maximum Gasteiger partial charge on any atom is 0.291 e. The van der Waals surface area contributed by atoms with Crippen LogP contribution in [-0.4, -0.2) is 31.7 Å². The summed E-state index contributed by atoms with van der Waals surface area (Å²) >= 11 is 0. The van der Waals surface area contributed by atoms with Crippen molar-refractivity contribution in [2.24, 2.45) is 0 Å². The van der Waals surface area contributed by atoms with Gasteiger partial charge in [-0.25, -0.2) is 12.8 Å². The standard InChI is InChI=1S/C16H17FN2O4S/c17-12-6-2-3-7-13(12)18-16(20)14-8-9-15(23-14)24(21,22)19-10-4-1-5-11-19/h2-3,6-9H,1,4-5,10-11H2,(H,18,20). The molecular weight excluding hydrogens is 335 g/mol. The van der Waals surface area contributed by atoms with Crippen molar-refractivity contribution < 1.29 is 22.0 Å². The van der Waals surface area contributed by atoms with Gasteiger partial charge in [-0.3, -0.25) is 4.79 Å². The Bertz CT molecular complexity index is 841. The molecule has 1 amide bonds. The Morgan fingerprint density at radius 3 is 2.50 bits per heavy atom. The van der Waals surface area contributed by atoms with Crippen molar-refractivity contribution in [1.29, 1.82) is 0 Å². The zero-order valence-electron chi connectivity index (χ0n) is 12.9. The third kappa shape index (κ3) is 3.34. The number of para-hydroxylation sites is 1. The smallest absolute Gasteiger partial charge is 0.291 e. The summed E-state index contributed by atoms with van der Waals surface area (Å²) in [6.45, 7) is 0.888. The normalized spacial score (nSPS) is 16.0. The first-order valence-electron chi connectivity index (χ1n) is 7.64. The summed E-state index contributed by atoms with van der Waals surface area (Å²) in [4.78, 5) is 12.1. The number of benzene rings is 1. The van der Waals surface area contributed by atoms with Crippen molar-refractivity contribution >= 4 is 21.6 Å². The second-order valence-electron chi connectivity index (χ2n) is 5.52. The molecule has 1 aromatic heterocycles. The number of carbonyl (C=O) groups is 1. The fourth-order valence-corrected chi connectivity index (χ4v) is 3.99. The topological polar surface area (TPSA) is 79.6 Å². The van der Waals surface area contributed by atoms with E-state index in [2.05, 4.69) is 5.32 Å². The molecule has 3 rings (SSSR count). The van der Waals surface area contributed by atoms with Crippen molar-refractivity contribution in [2.45, 2.75) is 24.4 Å². The third-order valence-corrected chi connectivity index (χ3v) is 5.61. The molecule has 1 saturated heterocycles. The summed E-state index contributed by atoms with van der Waals surface area (Å²) in [6, 6.07) is 8.22. The van der Waals surface area contributed by atoms with Crippen LogP contribution in [-0.2, 0) is 10.0 Å². The highest BCUT2D eigenvalue weighted by Gasteiger charge is 2.29. The highest BCUT2D eigenvalue weighted by molar-refractivity contribution is 7.89. The number of halogens is 1. The van der Waals surface area contributed by atoms with E-state index in [1.54, 1.807) is 6.07 Å². The quantitative estimate of drug-likeness (QED) is 0.918. The number of rotatable bonds is 4. The van der Waals surface area contributed by atoms with Gasteiger partial charge in [-0.05, 0) is 37.1 Å². The zero-order chi connectivity index (χ0) is 17.2. The molecule has 1 aliphatic heterocycles. The number of sulfonamides is 1. The number of hydrogen-bond donors (Lipinski definition) is 1. The van der Waals surface area contributed by atoms with Crippen LogP contribution < -0.4 is 5.32 Å². The van der Waals surface area contributed by atoms with E-state index in [1.165, 1.54) is 34.6 Å². The molecule has 2 aromatic rings. The molecule has 24 heavy (non-hydrogen) atoms. The third-order valence-electron chi connectivity index (χ3n) is 3.84. The zero-order valence-corrected chi connectivity index (χ0v) is 13.7. The van der Waals surface area contributed by atoms with E-state index in [1.807, 2.05) is 0 Å². The largest absolute Gasteiger partial charge is 0.438 e. The molecule has 1 N–H and O–H groups in total. The van der Waals surface area contributed by atoms with E-state index >= 15 is 0 Å². The minimum absolute atomic E-state index is 0.000613. The van der Waals surface area contributed by atoms with Gasteiger partial charge < -0.3 is 9.73 Å². The number of hydrogen-bond acceptors (Lipinski definition) is 4. The Hall–Kier alpha value is -2.19. The van der Waals surface area contributed by atoms with Crippen LogP contribution in [0.5, 0.6) is 0 Å².